The maximum Gasteiger partial charge on any atom is 0.139 e. The van der Waals surface area contributed by atoms with Gasteiger partial charge in [0.1, 0.15) is 5.65 Å². The second kappa shape index (κ2) is 5.99. The van der Waals surface area contributed by atoms with Gasteiger partial charge in [-0.1, -0.05) is 11.6 Å². The summed E-state index contributed by atoms with van der Waals surface area (Å²) in [5, 5.41) is 13.4. The zero-order valence-electron chi connectivity index (χ0n) is 15.0. The van der Waals surface area contributed by atoms with Crippen molar-refractivity contribution >= 4 is 28.3 Å². The highest BCUT2D eigenvalue weighted by atomic mass is 35.5. The van der Waals surface area contributed by atoms with Crippen LogP contribution in [0.15, 0.2) is 18.5 Å². The lowest BCUT2D eigenvalue weighted by atomic mass is 10.0. The fourth-order valence-corrected chi connectivity index (χ4v) is 4.90. The minimum absolute atomic E-state index is 0.480. The van der Waals surface area contributed by atoms with Crippen molar-refractivity contribution in [2.24, 2.45) is 18.9 Å². The van der Waals surface area contributed by atoms with Gasteiger partial charge >= 0.3 is 0 Å². The molecule has 3 aromatic rings. The van der Waals surface area contributed by atoms with Gasteiger partial charge in [-0.2, -0.15) is 5.10 Å². The Labute approximate surface area is 157 Å². The van der Waals surface area contributed by atoms with Crippen LogP contribution in [0.3, 0.4) is 0 Å². The first-order chi connectivity index (χ1) is 12.6. The highest BCUT2D eigenvalue weighted by molar-refractivity contribution is 6.34. The number of hydrogen-bond donors (Lipinski definition) is 3. The molecule has 0 aromatic carbocycles. The molecule has 1 saturated heterocycles. The van der Waals surface area contributed by atoms with Gasteiger partial charge in [-0.25, -0.2) is 4.98 Å². The van der Waals surface area contributed by atoms with E-state index in [4.69, 9.17) is 11.6 Å². The van der Waals surface area contributed by atoms with Crippen LogP contribution in [0.2, 0.25) is 5.02 Å². The number of nitrogens with one attached hydrogen (secondary N) is 3. The summed E-state index contributed by atoms with van der Waals surface area (Å²) in [5.74, 6) is 1.59. The fraction of sp³-hybridized carbons (Fsp3) is 0.474. The fourth-order valence-electron chi connectivity index (χ4n) is 4.69. The minimum atomic E-state index is 0.480. The van der Waals surface area contributed by atoms with E-state index in [0.717, 1.165) is 58.6 Å². The SMILES string of the molecule is Cc1nn(C)cc1-c1cc2c(NC3CC4CNCC4C3)c(Cl)cnc2[nH]1. The van der Waals surface area contributed by atoms with Crippen molar-refractivity contribution in [2.75, 3.05) is 18.4 Å². The molecule has 5 rings (SSSR count). The van der Waals surface area contributed by atoms with E-state index in [1.165, 1.54) is 12.8 Å². The van der Waals surface area contributed by atoms with Crippen LogP contribution in [-0.2, 0) is 7.05 Å². The average Bonchev–Trinajstić information content (AvgIpc) is 3.32. The monoisotopic (exact) mass is 370 g/mol. The maximum absolute atomic E-state index is 6.53. The highest BCUT2D eigenvalue weighted by Crippen LogP contribution is 2.39. The van der Waals surface area contributed by atoms with Crippen LogP contribution in [-0.4, -0.2) is 38.9 Å². The van der Waals surface area contributed by atoms with Gasteiger partial charge in [0, 0.05) is 30.2 Å². The first-order valence-electron chi connectivity index (χ1n) is 9.23. The third-order valence-corrected chi connectivity index (χ3v) is 6.20. The van der Waals surface area contributed by atoms with Crippen molar-refractivity contribution in [1.82, 2.24) is 25.1 Å². The van der Waals surface area contributed by atoms with E-state index in [9.17, 15) is 0 Å². The third kappa shape index (κ3) is 2.59. The number of nitrogens with zero attached hydrogens (tertiary/aromatic N) is 3. The van der Waals surface area contributed by atoms with Crippen molar-refractivity contribution in [2.45, 2.75) is 25.8 Å². The van der Waals surface area contributed by atoms with E-state index >= 15 is 0 Å². The molecule has 2 aliphatic rings. The molecule has 0 bridgehead atoms. The van der Waals surface area contributed by atoms with E-state index in [1.54, 1.807) is 6.20 Å². The Morgan fingerprint density at radius 1 is 1.27 bits per heavy atom. The van der Waals surface area contributed by atoms with Gasteiger partial charge in [-0.15, -0.1) is 0 Å². The van der Waals surface area contributed by atoms with Crippen LogP contribution in [0, 0.1) is 18.8 Å². The number of anilines is 1. The summed E-state index contributed by atoms with van der Waals surface area (Å²) in [6.45, 7) is 4.32. The third-order valence-electron chi connectivity index (χ3n) is 5.92. The average molecular weight is 371 g/mol. The zero-order valence-corrected chi connectivity index (χ0v) is 15.8. The second-order valence-corrected chi connectivity index (χ2v) is 8.13. The molecule has 0 amide bonds. The molecule has 0 radical (unpaired) electrons. The predicted octanol–water partition coefficient (Wildman–Crippen LogP) is 3.34. The number of halogens is 1. The molecule has 3 aromatic heterocycles. The Kier molecular flexibility index (Phi) is 3.72. The number of pyridine rings is 1. The van der Waals surface area contributed by atoms with Crippen molar-refractivity contribution in [3.63, 3.8) is 0 Å². The smallest absolute Gasteiger partial charge is 0.139 e. The number of aromatic nitrogens is 4. The highest BCUT2D eigenvalue weighted by Gasteiger charge is 2.37. The molecule has 3 N–H and O–H groups in total. The quantitative estimate of drug-likeness (QED) is 0.661. The molecule has 2 atom stereocenters. The summed E-state index contributed by atoms with van der Waals surface area (Å²) in [7, 11) is 1.94. The Hall–Kier alpha value is -2.05. The molecule has 2 unspecified atom stereocenters. The van der Waals surface area contributed by atoms with Crippen molar-refractivity contribution < 1.29 is 0 Å². The standard InChI is InChI=1S/C19H23ClN6/c1-10-15(9-26(2)25-10)17-5-14-18(16(20)8-22-19(14)24-17)23-13-3-11-6-21-7-12(11)4-13/h5,8-9,11-13,21H,3-4,6-7H2,1-2H3,(H2,22,23,24). The summed E-state index contributed by atoms with van der Waals surface area (Å²) in [6, 6.07) is 2.62. The van der Waals surface area contributed by atoms with Crippen LogP contribution in [0.4, 0.5) is 5.69 Å². The summed E-state index contributed by atoms with van der Waals surface area (Å²) < 4.78 is 1.83. The Morgan fingerprint density at radius 2 is 2.04 bits per heavy atom. The number of fused-ring (bicyclic) bond motifs is 2. The van der Waals surface area contributed by atoms with E-state index in [2.05, 4.69) is 31.8 Å². The molecule has 2 fully saturated rings. The largest absolute Gasteiger partial charge is 0.380 e. The van der Waals surface area contributed by atoms with Crippen molar-refractivity contribution in [3.05, 3.63) is 29.2 Å². The van der Waals surface area contributed by atoms with Crippen LogP contribution in [0.5, 0.6) is 0 Å². The number of rotatable bonds is 3. The lowest BCUT2D eigenvalue weighted by molar-refractivity contribution is 0.494. The lowest BCUT2D eigenvalue weighted by Crippen LogP contribution is -2.20. The molecule has 1 aliphatic carbocycles. The number of hydrogen-bond acceptors (Lipinski definition) is 4. The normalized spacial score (nSPS) is 25.1. The first kappa shape index (κ1) is 16.1. The van der Waals surface area contributed by atoms with Gasteiger partial charge in [0.25, 0.3) is 0 Å². The van der Waals surface area contributed by atoms with Gasteiger partial charge < -0.3 is 15.6 Å². The van der Waals surface area contributed by atoms with Gasteiger partial charge in [0.15, 0.2) is 0 Å². The Bertz CT molecular complexity index is 962. The van der Waals surface area contributed by atoms with Crippen LogP contribution in [0.25, 0.3) is 22.3 Å². The van der Waals surface area contributed by atoms with E-state index in [1.807, 2.05) is 24.9 Å². The lowest BCUT2D eigenvalue weighted by Gasteiger charge is -2.17. The molecule has 1 aliphatic heterocycles. The molecule has 0 spiro atoms. The molecule has 1 saturated carbocycles. The molecule has 26 heavy (non-hydrogen) atoms. The maximum atomic E-state index is 6.53. The molecule has 7 heteroatoms. The van der Waals surface area contributed by atoms with Crippen LogP contribution < -0.4 is 10.6 Å². The van der Waals surface area contributed by atoms with Gasteiger partial charge in [0.05, 0.1) is 28.3 Å². The summed E-state index contributed by atoms with van der Waals surface area (Å²) >= 11 is 6.53. The molecular weight excluding hydrogens is 348 g/mol. The van der Waals surface area contributed by atoms with Gasteiger partial charge in [0.2, 0.25) is 0 Å². The first-order valence-corrected chi connectivity index (χ1v) is 9.61. The van der Waals surface area contributed by atoms with Crippen molar-refractivity contribution in [3.8, 4) is 11.3 Å². The Balaban J connectivity index is 1.50. The Morgan fingerprint density at radius 3 is 2.73 bits per heavy atom. The van der Waals surface area contributed by atoms with Crippen molar-refractivity contribution in [1.29, 1.82) is 0 Å². The topological polar surface area (TPSA) is 70.6 Å². The van der Waals surface area contributed by atoms with Gasteiger partial charge in [-0.05, 0) is 50.8 Å². The van der Waals surface area contributed by atoms with Crippen LogP contribution in [0.1, 0.15) is 18.5 Å². The number of aryl methyl sites for hydroxylation is 2. The number of aromatic amines is 1. The molecular formula is C19H23ClN6. The number of H-pyrrole nitrogens is 1. The summed E-state index contributed by atoms with van der Waals surface area (Å²) in [5.41, 5.74) is 4.97. The summed E-state index contributed by atoms with van der Waals surface area (Å²) in [4.78, 5) is 7.92. The van der Waals surface area contributed by atoms with Crippen LogP contribution >= 0.6 is 11.6 Å². The molecule has 4 heterocycles. The molecule has 6 nitrogen and oxygen atoms in total. The zero-order chi connectivity index (χ0) is 17.8. The van der Waals surface area contributed by atoms with Gasteiger partial charge in [-0.3, -0.25) is 4.68 Å². The van der Waals surface area contributed by atoms with E-state index in [0.29, 0.717) is 11.1 Å². The summed E-state index contributed by atoms with van der Waals surface area (Å²) in [6.07, 6.45) is 6.17. The second-order valence-electron chi connectivity index (χ2n) is 7.72. The van der Waals surface area contributed by atoms with E-state index < -0.39 is 0 Å². The van der Waals surface area contributed by atoms with E-state index in [-0.39, 0.29) is 0 Å². The predicted molar refractivity (Wildman–Crippen MR) is 105 cm³/mol. The molecule has 136 valence electrons. The minimum Gasteiger partial charge on any atom is -0.380 e.